The molecule has 1 aromatic heterocycles. The molecule has 1 heterocycles. The second-order valence-corrected chi connectivity index (χ2v) is 5.96. The van der Waals surface area contributed by atoms with Crippen LogP contribution in [0.5, 0.6) is 0 Å². The average molecular weight is 281 g/mol. The predicted molar refractivity (Wildman–Crippen MR) is 75.4 cm³/mol. The molecule has 2 rings (SSSR count). The highest BCUT2D eigenvalue weighted by atomic mass is 32.1. The van der Waals surface area contributed by atoms with Crippen molar-refractivity contribution >= 4 is 23.1 Å². The molecule has 1 amide bonds. The lowest BCUT2D eigenvalue weighted by atomic mass is 9.80. The fraction of sp³-hybridized carbons (Fsp3) is 0.538. The number of carbonyl (C=O) groups is 1. The Morgan fingerprint density at radius 3 is 2.79 bits per heavy atom. The maximum absolute atomic E-state index is 12.1. The van der Waals surface area contributed by atoms with Gasteiger partial charge < -0.3 is 16.3 Å². The van der Waals surface area contributed by atoms with Crippen LogP contribution < -0.4 is 11.1 Å². The number of hydrogen-bond acceptors (Lipinski definition) is 4. The van der Waals surface area contributed by atoms with Gasteiger partial charge in [0.2, 0.25) is 5.91 Å². The molecule has 0 spiro atoms. The fourth-order valence-corrected chi connectivity index (χ4v) is 3.28. The number of oxime groups is 1. The molecule has 1 saturated carbocycles. The van der Waals surface area contributed by atoms with Gasteiger partial charge in [0.1, 0.15) is 5.54 Å². The number of amides is 1. The van der Waals surface area contributed by atoms with Crippen LogP contribution in [0.15, 0.2) is 22.7 Å². The van der Waals surface area contributed by atoms with Crippen molar-refractivity contribution in [3.8, 4) is 0 Å². The normalized spacial score (nSPS) is 19.1. The second-order valence-electron chi connectivity index (χ2n) is 4.93. The molecular weight excluding hydrogens is 262 g/mol. The standard InChI is InChI=1S/C13H19N3O2S/c14-12(16-18)13(6-2-1-3-7-13)15-11(17)9-10-5-4-8-19-10/h4-5,8,18H,1-3,6-7,9H2,(H2,14,16)(H,15,17). The highest BCUT2D eigenvalue weighted by Crippen LogP contribution is 2.28. The molecule has 0 saturated heterocycles. The SMILES string of the molecule is N/C(=N/O)C1(NC(=O)Cc2cccs2)CCCCC1. The van der Waals surface area contributed by atoms with E-state index in [-0.39, 0.29) is 11.7 Å². The first-order valence-corrected chi connectivity index (χ1v) is 7.36. The van der Waals surface area contributed by atoms with Crippen molar-refractivity contribution in [3.63, 3.8) is 0 Å². The number of nitrogens with zero attached hydrogens (tertiary/aromatic N) is 1. The minimum absolute atomic E-state index is 0.0732. The largest absolute Gasteiger partial charge is 0.409 e. The van der Waals surface area contributed by atoms with E-state index in [2.05, 4.69) is 10.5 Å². The summed E-state index contributed by atoms with van der Waals surface area (Å²) in [5.74, 6) is 0.0441. The van der Waals surface area contributed by atoms with E-state index >= 15 is 0 Å². The molecule has 5 nitrogen and oxygen atoms in total. The summed E-state index contributed by atoms with van der Waals surface area (Å²) in [6.07, 6.45) is 4.91. The number of carbonyl (C=O) groups excluding carboxylic acids is 1. The molecule has 0 aromatic carbocycles. The topological polar surface area (TPSA) is 87.7 Å². The van der Waals surface area contributed by atoms with Gasteiger partial charge in [-0.2, -0.15) is 0 Å². The van der Waals surface area contributed by atoms with E-state index in [4.69, 9.17) is 10.9 Å². The van der Waals surface area contributed by atoms with Gasteiger partial charge in [0.15, 0.2) is 5.84 Å². The van der Waals surface area contributed by atoms with Crippen LogP contribution in [0, 0.1) is 0 Å². The Morgan fingerprint density at radius 1 is 1.47 bits per heavy atom. The molecule has 1 aliphatic rings. The molecule has 19 heavy (non-hydrogen) atoms. The monoisotopic (exact) mass is 281 g/mol. The highest BCUT2D eigenvalue weighted by Gasteiger charge is 2.37. The second kappa shape index (κ2) is 6.06. The van der Waals surface area contributed by atoms with Crippen LogP contribution in [0.4, 0.5) is 0 Å². The number of thiophene rings is 1. The van der Waals surface area contributed by atoms with Gasteiger partial charge in [-0.05, 0) is 24.3 Å². The molecule has 0 unspecified atom stereocenters. The molecule has 0 atom stereocenters. The Morgan fingerprint density at radius 2 is 2.21 bits per heavy atom. The van der Waals surface area contributed by atoms with Crippen LogP contribution in [0.3, 0.4) is 0 Å². The van der Waals surface area contributed by atoms with Crippen LogP contribution in [-0.4, -0.2) is 22.5 Å². The minimum atomic E-state index is -0.665. The zero-order valence-electron chi connectivity index (χ0n) is 10.8. The Bertz CT molecular complexity index is 450. The van der Waals surface area contributed by atoms with Crippen molar-refractivity contribution in [1.29, 1.82) is 0 Å². The fourth-order valence-electron chi connectivity index (χ4n) is 2.58. The van der Waals surface area contributed by atoms with E-state index in [1.807, 2.05) is 17.5 Å². The zero-order valence-corrected chi connectivity index (χ0v) is 11.6. The third kappa shape index (κ3) is 3.26. The number of hydrogen-bond donors (Lipinski definition) is 3. The lowest BCUT2D eigenvalue weighted by Gasteiger charge is -2.36. The van der Waals surface area contributed by atoms with Crippen LogP contribution in [0.2, 0.25) is 0 Å². The number of nitrogens with two attached hydrogens (primary N) is 1. The molecule has 4 N–H and O–H groups in total. The number of nitrogens with one attached hydrogen (secondary N) is 1. The molecular formula is C13H19N3O2S. The Kier molecular flexibility index (Phi) is 4.42. The number of rotatable bonds is 4. The summed E-state index contributed by atoms with van der Waals surface area (Å²) in [6, 6.07) is 3.86. The van der Waals surface area contributed by atoms with Gasteiger partial charge in [0.05, 0.1) is 6.42 Å². The molecule has 104 valence electrons. The molecule has 1 fully saturated rings. The lowest BCUT2D eigenvalue weighted by Crippen LogP contribution is -2.58. The molecule has 1 aliphatic carbocycles. The van der Waals surface area contributed by atoms with Crippen LogP contribution in [-0.2, 0) is 11.2 Å². The summed E-state index contributed by atoms with van der Waals surface area (Å²) in [7, 11) is 0. The Labute approximate surface area is 116 Å². The first kappa shape index (κ1) is 13.9. The van der Waals surface area contributed by atoms with Crippen LogP contribution in [0.1, 0.15) is 37.0 Å². The van der Waals surface area contributed by atoms with Gasteiger partial charge in [-0.1, -0.05) is 30.5 Å². The lowest BCUT2D eigenvalue weighted by molar-refractivity contribution is -0.121. The van der Waals surface area contributed by atoms with Crippen molar-refractivity contribution in [2.24, 2.45) is 10.9 Å². The quantitative estimate of drug-likeness (QED) is 0.341. The Hall–Kier alpha value is -1.56. The van der Waals surface area contributed by atoms with Crippen LogP contribution >= 0.6 is 11.3 Å². The average Bonchev–Trinajstić information content (AvgIpc) is 2.91. The summed E-state index contributed by atoms with van der Waals surface area (Å²) in [6.45, 7) is 0. The minimum Gasteiger partial charge on any atom is -0.409 e. The van der Waals surface area contributed by atoms with Gasteiger partial charge in [-0.25, -0.2) is 0 Å². The van der Waals surface area contributed by atoms with E-state index in [9.17, 15) is 4.79 Å². The van der Waals surface area contributed by atoms with Gasteiger partial charge >= 0.3 is 0 Å². The molecule has 0 radical (unpaired) electrons. The van der Waals surface area contributed by atoms with E-state index in [0.29, 0.717) is 6.42 Å². The smallest absolute Gasteiger partial charge is 0.226 e. The van der Waals surface area contributed by atoms with E-state index in [1.165, 1.54) is 0 Å². The van der Waals surface area contributed by atoms with Crippen molar-refractivity contribution < 1.29 is 10.0 Å². The van der Waals surface area contributed by atoms with Crippen molar-refractivity contribution in [1.82, 2.24) is 5.32 Å². The number of amidine groups is 1. The Balaban J connectivity index is 2.05. The molecule has 0 bridgehead atoms. The summed E-state index contributed by atoms with van der Waals surface area (Å²) < 4.78 is 0. The molecule has 6 heteroatoms. The van der Waals surface area contributed by atoms with E-state index in [0.717, 1.165) is 37.0 Å². The molecule has 0 aliphatic heterocycles. The summed E-state index contributed by atoms with van der Waals surface area (Å²) in [5.41, 5.74) is 5.13. The summed E-state index contributed by atoms with van der Waals surface area (Å²) in [4.78, 5) is 13.1. The first-order chi connectivity index (χ1) is 9.16. The maximum Gasteiger partial charge on any atom is 0.226 e. The van der Waals surface area contributed by atoms with Gasteiger partial charge in [0, 0.05) is 4.88 Å². The highest BCUT2D eigenvalue weighted by molar-refractivity contribution is 7.10. The van der Waals surface area contributed by atoms with Crippen LogP contribution in [0.25, 0.3) is 0 Å². The van der Waals surface area contributed by atoms with Crippen molar-refractivity contribution in [2.75, 3.05) is 0 Å². The molecule has 1 aromatic rings. The third-order valence-electron chi connectivity index (χ3n) is 3.60. The maximum atomic E-state index is 12.1. The van der Waals surface area contributed by atoms with E-state index in [1.54, 1.807) is 11.3 Å². The predicted octanol–water partition coefficient (Wildman–Crippen LogP) is 1.86. The van der Waals surface area contributed by atoms with Crippen molar-refractivity contribution in [3.05, 3.63) is 22.4 Å². The first-order valence-electron chi connectivity index (χ1n) is 6.48. The summed E-state index contributed by atoms with van der Waals surface area (Å²) >= 11 is 1.55. The van der Waals surface area contributed by atoms with Crippen molar-refractivity contribution in [2.45, 2.75) is 44.1 Å². The zero-order chi connectivity index (χ0) is 13.7. The third-order valence-corrected chi connectivity index (χ3v) is 4.48. The van der Waals surface area contributed by atoms with E-state index < -0.39 is 5.54 Å². The van der Waals surface area contributed by atoms with Gasteiger partial charge in [0.25, 0.3) is 0 Å². The summed E-state index contributed by atoms with van der Waals surface area (Å²) in [5, 5.41) is 17.0. The van der Waals surface area contributed by atoms with Gasteiger partial charge in [-0.3, -0.25) is 4.79 Å². The van der Waals surface area contributed by atoms with Gasteiger partial charge in [-0.15, -0.1) is 11.3 Å².